The molecule has 1 atom stereocenters. The number of hydrogen-bond acceptors (Lipinski definition) is 2. The molecule has 14 heavy (non-hydrogen) atoms. The molecule has 1 aromatic carbocycles. The number of benzene rings is 1. The molecular weight excluding hydrogens is 207 g/mol. The number of hydrogen-bond donors (Lipinski definition) is 1. The summed E-state index contributed by atoms with van der Waals surface area (Å²) in [5, 5.41) is 0. The Morgan fingerprint density at radius 2 is 1.86 bits per heavy atom. The van der Waals surface area contributed by atoms with E-state index in [2.05, 4.69) is 0 Å². The van der Waals surface area contributed by atoms with Gasteiger partial charge in [0.1, 0.15) is 6.17 Å². The second kappa shape index (κ2) is 4.52. The van der Waals surface area contributed by atoms with Crippen molar-refractivity contribution in [3.8, 4) is 0 Å². The molecule has 1 rings (SSSR count). The second-order valence-corrected chi connectivity index (χ2v) is 4.53. The van der Waals surface area contributed by atoms with Crippen molar-refractivity contribution in [2.24, 2.45) is 0 Å². The molecule has 0 amide bonds. The fourth-order valence-electron chi connectivity index (χ4n) is 1.08. The molecule has 78 valence electrons. The highest BCUT2D eigenvalue weighted by atomic mass is 32.2. The summed E-state index contributed by atoms with van der Waals surface area (Å²) in [6.07, 6.45) is -1.57. The van der Waals surface area contributed by atoms with Crippen molar-refractivity contribution < 1.29 is 17.4 Å². The van der Waals surface area contributed by atoms with E-state index in [0.29, 0.717) is 5.56 Å². The Labute approximate surface area is 82.3 Å². The van der Waals surface area contributed by atoms with Gasteiger partial charge in [-0.15, -0.1) is 0 Å². The third-order valence-electron chi connectivity index (χ3n) is 1.79. The molecule has 0 bridgehead atoms. The third-order valence-corrected chi connectivity index (χ3v) is 2.54. The van der Waals surface area contributed by atoms with Crippen molar-refractivity contribution in [3.05, 3.63) is 35.9 Å². The van der Waals surface area contributed by atoms with E-state index < -0.39 is 22.0 Å². The van der Waals surface area contributed by atoms with E-state index in [1.807, 2.05) is 0 Å². The average Bonchev–Trinajstić information content (AvgIpc) is 2.14. The van der Waals surface area contributed by atoms with Crippen LogP contribution in [0.15, 0.2) is 30.3 Å². The van der Waals surface area contributed by atoms with Gasteiger partial charge in [0, 0.05) is 0 Å². The molecule has 0 saturated carbocycles. The normalized spacial score (nSPS) is 13.9. The first-order valence-electron chi connectivity index (χ1n) is 4.13. The second-order valence-electron chi connectivity index (χ2n) is 2.95. The van der Waals surface area contributed by atoms with E-state index in [9.17, 15) is 12.8 Å². The standard InChI is InChI=1S/C9H11FO3S/c10-9(6-7-14(11,12)13)8-4-2-1-3-5-8/h1-5,9H,6-7H2,(H,11,12,13). The molecule has 1 unspecified atom stereocenters. The predicted octanol–water partition coefficient (Wildman–Crippen LogP) is 1.98. The summed E-state index contributed by atoms with van der Waals surface area (Å²) >= 11 is 0. The van der Waals surface area contributed by atoms with Crippen molar-refractivity contribution >= 4 is 10.1 Å². The number of halogens is 1. The van der Waals surface area contributed by atoms with Gasteiger partial charge in [-0.1, -0.05) is 30.3 Å². The number of rotatable bonds is 4. The van der Waals surface area contributed by atoms with Gasteiger partial charge in [0.25, 0.3) is 10.1 Å². The molecule has 0 aliphatic rings. The van der Waals surface area contributed by atoms with Gasteiger partial charge in [0.05, 0.1) is 5.75 Å². The van der Waals surface area contributed by atoms with Crippen molar-refractivity contribution in [2.75, 3.05) is 5.75 Å². The van der Waals surface area contributed by atoms with Gasteiger partial charge in [0.2, 0.25) is 0 Å². The van der Waals surface area contributed by atoms with E-state index in [1.165, 1.54) is 0 Å². The Bertz CT molecular complexity index is 374. The third kappa shape index (κ3) is 3.85. The molecule has 0 saturated heterocycles. The highest BCUT2D eigenvalue weighted by Gasteiger charge is 2.13. The quantitative estimate of drug-likeness (QED) is 0.786. The summed E-state index contributed by atoms with van der Waals surface area (Å²) in [6, 6.07) is 8.26. The molecule has 0 aromatic heterocycles. The van der Waals surface area contributed by atoms with Gasteiger partial charge >= 0.3 is 0 Å². The van der Waals surface area contributed by atoms with Crippen LogP contribution in [0.4, 0.5) is 4.39 Å². The molecule has 0 radical (unpaired) electrons. The smallest absolute Gasteiger partial charge is 0.264 e. The van der Waals surface area contributed by atoms with Crippen molar-refractivity contribution in [1.29, 1.82) is 0 Å². The first-order chi connectivity index (χ1) is 6.49. The monoisotopic (exact) mass is 218 g/mol. The summed E-state index contributed by atoms with van der Waals surface area (Å²) in [5.74, 6) is -0.553. The minimum atomic E-state index is -4.07. The SMILES string of the molecule is O=S(=O)(O)CCC(F)c1ccccc1. The van der Waals surface area contributed by atoms with Crippen LogP contribution in [0.5, 0.6) is 0 Å². The molecule has 5 heteroatoms. The Morgan fingerprint density at radius 1 is 1.29 bits per heavy atom. The minimum Gasteiger partial charge on any atom is -0.286 e. The van der Waals surface area contributed by atoms with Crippen LogP contribution < -0.4 is 0 Å². The van der Waals surface area contributed by atoms with E-state index in [1.54, 1.807) is 30.3 Å². The predicted molar refractivity (Wildman–Crippen MR) is 51.3 cm³/mol. The Morgan fingerprint density at radius 3 is 2.36 bits per heavy atom. The first-order valence-corrected chi connectivity index (χ1v) is 5.74. The van der Waals surface area contributed by atoms with Crippen LogP contribution in [0.25, 0.3) is 0 Å². The van der Waals surface area contributed by atoms with Gasteiger partial charge < -0.3 is 0 Å². The molecule has 0 aliphatic carbocycles. The lowest BCUT2D eigenvalue weighted by Crippen LogP contribution is -2.06. The highest BCUT2D eigenvalue weighted by Crippen LogP contribution is 2.20. The fourth-order valence-corrected chi connectivity index (χ4v) is 1.59. The highest BCUT2D eigenvalue weighted by molar-refractivity contribution is 7.85. The lowest BCUT2D eigenvalue weighted by molar-refractivity contribution is 0.332. The molecule has 0 aliphatic heterocycles. The van der Waals surface area contributed by atoms with Crippen LogP contribution in [-0.2, 0) is 10.1 Å². The summed E-state index contributed by atoms with van der Waals surface area (Å²) in [6.45, 7) is 0. The van der Waals surface area contributed by atoms with E-state index in [0.717, 1.165) is 0 Å². The van der Waals surface area contributed by atoms with Crippen LogP contribution in [0.1, 0.15) is 18.2 Å². The molecule has 0 fully saturated rings. The zero-order valence-corrected chi connectivity index (χ0v) is 8.24. The van der Waals surface area contributed by atoms with E-state index in [-0.39, 0.29) is 6.42 Å². The maximum Gasteiger partial charge on any atom is 0.264 e. The van der Waals surface area contributed by atoms with Gasteiger partial charge in [0.15, 0.2) is 0 Å². The lowest BCUT2D eigenvalue weighted by Gasteiger charge is -2.06. The van der Waals surface area contributed by atoms with Crippen molar-refractivity contribution in [3.63, 3.8) is 0 Å². The molecule has 0 heterocycles. The van der Waals surface area contributed by atoms with Crippen LogP contribution in [0.3, 0.4) is 0 Å². The van der Waals surface area contributed by atoms with Crippen LogP contribution in [0, 0.1) is 0 Å². The Balaban J connectivity index is 2.56. The first kappa shape index (κ1) is 11.1. The zero-order chi connectivity index (χ0) is 10.6. The van der Waals surface area contributed by atoms with Crippen molar-refractivity contribution in [1.82, 2.24) is 0 Å². The molecule has 1 aromatic rings. The fraction of sp³-hybridized carbons (Fsp3) is 0.333. The van der Waals surface area contributed by atoms with Crippen LogP contribution in [0.2, 0.25) is 0 Å². The van der Waals surface area contributed by atoms with Gasteiger partial charge in [-0.05, 0) is 12.0 Å². The molecular formula is C9H11FO3S. The number of alkyl halides is 1. The average molecular weight is 218 g/mol. The van der Waals surface area contributed by atoms with Crippen molar-refractivity contribution in [2.45, 2.75) is 12.6 Å². The molecule has 3 nitrogen and oxygen atoms in total. The van der Waals surface area contributed by atoms with Crippen LogP contribution in [-0.4, -0.2) is 18.7 Å². The largest absolute Gasteiger partial charge is 0.286 e. The van der Waals surface area contributed by atoms with E-state index >= 15 is 0 Å². The Hall–Kier alpha value is -0.940. The zero-order valence-electron chi connectivity index (χ0n) is 7.43. The molecule has 1 N–H and O–H groups in total. The minimum absolute atomic E-state index is 0.219. The summed E-state index contributed by atoms with van der Waals surface area (Å²) < 4.78 is 42.4. The molecule has 0 spiro atoms. The Kier molecular flexibility index (Phi) is 3.60. The van der Waals surface area contributed by atoms with Gasteiger partial charge in [-0.25, -0.2) is 4.39 Å². The van der Waals surface area contributed by atoms with E-state index in [4.69, 9.17) is 4.55 Å². The maximum atomic E-state index is 13.3. The van der Waals surface area contributed by atoms with Crippen LogP contribution >= 0.6 is 0 Å². The lowest BCUT2D eigenvalue weighted by atomic mass is 10.1. The van der Waals surface area contributed by atoms with Gasteiger partial charge in [-0.3, -0.25) is 4.55 Å². The summed E-state index contributed by atoms with van der Waals surface area (Å²) in [5.41, 5.74) is 0.427. The topological polar surface area (TPSA) is 54.4 Å². The summed E-state index contributed by atoms with van der Waals surface area (Å²) in [7, 11) is -4.07. The maximum absolute atomic E-state index is 13.3. The summed E-state index contributed by atoms with van der Waals surface area (Å²) in [4.78, 5) is 0. The van der Waals surface area contributed by atoms with Gasteiger partial charge in [-0.2, -0.15) is 8.42 Å².